The number of anilines is 1. The highest BCUT2D eigenvalue weighted by Crippen LogP contribution is 2.38. The average molecular weight is 383 g/mol. The maximum atomic E-state index is 11.6. The number of aromatic nitrogens is 3. The molecule has 150 valence electrons. The smallest absolute Gasteiger partial charge is 0.245 e. The number of nitrogens with zero attached hydrogens (tertiary/aromatic N) is 4. The van der Waals surface area contributed by atoms with Gasteiger partial charge in [-0.2, -0.15) is 0 Å². The van der Waals surface area contributed by atoms with Crippen LogP contribution in [0, 0.1) is 5.92 Å². The molecule has 0 saturated heterocycles. The monoisotopic (exact) mass is 383 g/mol. The van der Waals surface area contributed by atoms with E-state index in [2.05, 4.69) is 15.3 Å². The average Bonchev–Trinajstić information content (AvgIpc) is 2.73. The SMILES string of the molecule is COCC(=O)NCC1CCC(c2nc(N(C)C)ncc2-c2ccccn2)CC1. The molecule has 7 heteroatoms. The van der Waals surface area contributed by atoms with E-state index in [0.29, 0.717) is 18.4 Å². The van der Waals surface area contributed by atoms with E-state index in [1.807, 2.05) is 43.4 Å². The Morgan fingerprint density at radius 2 is 2.00 bits per heavy atom. The summed E-state index contributed by atoms with van der Waals surface area (Å²) in [6, 6.07) is 5.92. The Morgan fingerprint density at radius 1 is 1.21 bits per heavy atom. The Kier molecular flexibility index (Phi) is 6.92. The number of nitrogens with one attached hydrogen (secondary N) is 1. The van der Waals surface area contributed by atoms with Crippen molar-refractivity contribution >= 4 is 11.9 Å². The molecule has 3 rings (SSSR count). The second-order valence-electron chi connectivity index (χ2n) is 7.53. The number of methoxy groups -OCH3 is 1. The predicted octanol–water partition coefficient (Wildman–Crippen LogP) is 2.64. The molecule has 0 radical (unpaired) electrons. The van der Waals surface area contributed by atoms with Crippen LogP contribution in [-0.4, -0.2) is 55.2 Å². The third-order valence-corrected chi connectivity index (χ3v) is 5.24. The van der Waals surface area contributed by atoms with Crippen molar-refractivity contribution in [3.63, 3.8) is 0 Å². The molecule has 1 fully saturated rings. The van der Waals surface area contributed by atoms with Crippen LogP contribution in [-0.2, 0) is 9.53 Å². The highest BCUT2D eigenvalue weighted by atomic mass is 16.5. The topological polar surface area (TPSA) is 80.2 Å². The van der Waals surface area contributed by atoms with Crippen molar-refractivity contribution in [2.24, 2.45) is 5.92 Å². The second kappa shape index (κ2) is 9.59. The number of pyridine rings is 1. The van der Waals surface area contributed by atoms with Gasteiger partial charge in [-0.3, -0.25) is 9.78 Å². The zero-order valence-electron chi connectivity index (χ0n) is 16.9. The number of rotatable bonds is 7. The van der Waals surface area contributed by atoms with Crippen molar-refractivity contribution in [1.29, 1.82) is 0 Å². The van der Waals surface area contributed by atoms with E-state index in [1.54, 1.807) is 6.20 Å². The van der Waals surface area contributed by atoms with Crippen molar-refractivity contribution in [3.8, 4) is 11.3 Å². The predicted molar refractivity (Wildman–Crippen MR) is 109 cm³/mol. The molecule has 2 aromatic rings. The fourth-order valence-corrected chi connectivity index (χ4v) is 3.71. The minimum atomic E-state index is -0.0477. The first-order chi connectivity index (χ1) is 13.6. The minimum Gasteiger partial charge on any atom is -0.375 e. The molecule has 2 aromatic heterocycles. The summed E-state index contributed by atoms with van der Waals surface area (Å²) in [5.41, 5.74) is 3.01. The number of carbonyl (C=O) groups excluding carboxylic acids is 1. The summed E-state index contributed by atoms with van der Waals surface area (Å²) in [6.45, 7) is 0.839. The van der Waals surface area contributed by atoms with Crippen LogP contribution in [0.1, 0.15) is 37.3 Å². The molecule has 0 unspecified atom stereocenters. The van der Waals surface area contributed by atoms with Gasteiger partial charge in [-0.05, 0) is 43.7 Å². The van der Waals surface area contributed by atoms with Crippen molar-refractivity contribution < 1.29 is 9.53 Å². The second-order valence-corrected chi connectivity index (χ2v) is 7.53. The van der Waals surface area contributed by atoms with E-state index < -0.39 is 0 Å². The number of ether oxygens (including phenoxy) is 1. The first kappa shape index (κ1) is 20.2. The molecular formula is C21H29N5O2. The Labute approximate surface area is 166 Å². The quantitative estimate of drug-likeness (QED) is 0.792. The molecule has 28 heavy (non-hydrogen) atoms. The van der Waals surface area contributed by atoms with E-state index in [1.165, 1.54) is 7.11 Å². The lowest BCUT2D eigenvalue weighted by Crippen LogP contribution is -2.33. The Bertz CT molecular complexity index is 774. The van der Waals surface area contributed by atoms with Gasteiger partial charge in [-0.1, -0.05) is 6.07 Å². The number of carbonyl (C=O) groups is 1. The Hall–Kier alpha value is -2.54. The van der Waals surface area contributed by atoms with Gasteiger partial charge in [-0.25, -0.2) is 9.97 Å². The van der Waals surface area contributed by atoms with Gasteiger partial charge in [0.2, 0.25) is 11.9 Å². The third kappa shape index (κ3) is 5.04. The molecule has 7 nitrogen and oxygen atoms in total. The molecular weight excluding hydrogens is 354 g/mol. The molecule has 0 aliphatic heterocycles. The molecule has 0 spiro atoms. The van der Waals surface area contributed by atoms with E-state index in [4.69, 9.17) is 9.72 Å². The molecule has 1 N–H and O–H groups in total. The lowest BCUT2D eigenvalue weighted by Gasteiger charge is -2.29. The summed E-state index contributed by atoms with van der Waals surface area (Å²) >= 11 is 0. The summed E-state index contributed by atoms with van der Waals surface area (Å²) in [5, 5.41) is 2.96. The van der Waals surface area contributed by atoms with Crippen LogP contribution in [0.15, 0.2) is 30.6 Å². The molecule has 1 aliphatic carbocycles. The lowest BCUT2D eigenvalue weighted by atomic mass is 9.79. The van der Waals surface area contributed by atoms with Crippen LogP contribution in [0.25, 0.3) is 11.3 Å². The fourth-order valence-electron chi connectivity index (χ4n) is 3.71. The summed E-state index contributed by atoms with van der Waals surface area (Å²) in [4.78, 5) is 27.4. The minimum absolute atomic E-state index is 0.0477. The first-order valence-corrected chi connectivity index (χ1v) is 9.79. The maximum Gasteiger partial charge on any atom is 0.245 e. The van der Waals surface area contributed by atoms with Crippen LogP contribution in [0.3, 0.4) is 0 Å². The standard InChI is InChI=1S/C21H29N5O2/c1-26(2)21-24-13-17(18-6-4-5-11-22-18)20(25-21)16-9-7-15(8-10-16)12-23-19(27)14-28-3/h4-6,11,13,15-16H,7-10,12,14H2,1-3H3,(H,23,27). The summed E-state index contributed by atoms with van der Waals surface area (Å²) in [5.74, 6) is 1.56. The van der Waals surface area contributed by atoms with Crippen molar-refractivity contribution in [2.75, 3.05) is 39.3 Å². The molecule has 2 heterocycles. The Morgan fingerprint density at radius 3 is 2.64 bits per heavy atom. The van der Waals surface area contributed by atoms with Crippen molar-refractivity contribution in [1.82, 2.24) is 20.3 Å². The van der Waals surface area contributed by atoms with Gasteiger partial charge < -0.3 is 15.0 Å². The fraction of sp³-hybridized carbons (Fsp3) is 0.524. The van der Waals surface area contributed by atoms with Crippen LogP contribution < -0.4 is 10.2 Å². The van der Waals surface area contributed by atoms with Gasteiger partial charge in [-0.15, -0.1) is 0 Å². The molecule has 0 aromatic carbocycles. The lowest BCUT2D eigenvalue weighted by molar-refractivity contribution is -0.124. The largest absolute Gasteiger partial charge is 0.375 e. The van der Waals surface area contributed by atoms with Crippen LogP contribution in [0.5, 0.6) is 0 Å². The molecule has 1 saturated carbocycles. The van der Waals surface area contributed by atoms with Crippen LogP contribution >= 0.6 is 0 Å². The molecule has 1 amide bonds. The summed E-state index contributed by atoms with van der Waals surface area (Å²) < 4.78 is 4.87. The third-order valence-electron chi connectivity index (χ3n) is 5.24. The zero-order chi connectivity index (χ0) is 19.9. The van der Waals surface area contributed by atoms with E-state index in [9.17, 15) is 4.79 Å². The maximum absolute atomic E-state index is 11.6. The van der Waals surface area contributed by atoms with Gasteiger partial charge in [0, 0.05) is 51.6 Å². The molecule has 0 bridgehead atoms. The number of hydrogen-bond acceptors (Lipinski definition) is 6. The highest BCUT2D eigenvalue weighted by Gasteiger charge is 2.27. The zero-order valence-corrected chi connectivity index (χ0v) is 16.9. The van der Waals surface area contributed by atoms with E-state index >= 15 is 0 Å². The van der Waals surface area contributed by atoms with E-state index in [-0.39, 0.29) is 12.5 Å². The first-order valence-electron chi connectivity index (χ1n) is 9.79. The van der Waals surface area contributed by atoms with Gasteiger partial charge >= 0.3 is 0 Å². The van der Waals surface area contributed by atoms with Gasteiger partial charge in [0.1, 0.15) is 6.61 Å². The Balaban J connectivity index is 1.72. The molecule has 1 aliphatic rings. The number of hydrogen-bond donors (Lipinski definition) is 1. The summed E-state index contributed by atoms with van der Waals surface area (Å²) in [6.07, 6.45) is 7.94. The van der Waals surface area contributed by atoms with Gasteiger partial charge in [0.05, 0.1) is 11.4 Å². The number of amides is 1. The van der Waals surface area contributed by atoms with Crippen LogP contribution in [0.2, 0.25) is 0 Å². The van der Waals surface area contributed by atoms with Crippen LogP contribution in [0.4, 0.5) is 5.95 Å². The van der Waals surface area contributed by atoms with Gasteiger partial charge in [0.15, 0.2) is 0 Å². The molecule has 0 atom stereocenters. The summed E-state index contributed by atoms with van der Waals surface area (Å²) in [7, 11) is 5.45. The van der Waals surface area contributed by atoms with Crippen molar-refractivity contribution in [3.05, 3.63) is 36.3 Å². The van der Waals surface area contributed by atoms with Gasteiger partial charge in [0.25, 0.3) is 0 Å². The highest BCUT2D eigenvalue weighted by molar-refractivity contribution is 5.77. The van der Waals surface area contributed by atoms with Crippen molar-refractivity contribution in [2.45, 2.75) is 31.6 Å². The van der Waals surface area contributed by atoms with E-state index in [0.717, 1.165) is 48.6 Å². The normalized spacial score (nSPS) is 19.2.